The second-order valence-electron chi connectivity index (χ2n) is 14.1. The minimum Gasteiger partial charge on any atom is -0.504 e. The van der Waals surface area contributed by atoms with Crippen LogP contribution in [0.25, 0.3) is 22.6 Å². The van der Waals surface area contributed by atoms with Gasteiger partial charge >= 0.3 is 0 Å². The van der Waals surface area contributed by atoms with E-state index in [1.165, 1.54) is 16.9 Å². The molecule has 4 aliphatic rings. The number of phenolic OH excluding ortho intramolecular Hbond substituents is 1. The standard InChI is InChI=1S/C41H32BrN3O7/c1-41-29(38(48)45(40(41)50)23-8-4-3-5-9-23)20-27-25(34(41)28-18-22(42)19-32(51-2)35(28)46)16-17-26-33(27)39(49)44(37(26)47)24-14-12-21(13-15-24)36-43-30-10-6-7-11-31(30)52-36/h3-16,18-19,26-27,29,33-34,46H,17,20H2,1-2H3/t26-,27+,29-,33-,34+,41+/m0/s1. The summed E-state index contributed by atoms with van der Waals surface area (Å²) < 4.78 is 12.1. The average Bonchev–Trinajstić information content (AvgIpc) is 3.76. The fourth-order valence-electron chi connectivity index (χ4n) is 9.16. The summed E-state index contributed by atoms with van der Waals surface area (Å²) in [4.78, 5) is 64.8. The van der Waals surface area contributed by atoms with Crippen LogP contribution in [-0.4, -0.2) is 40.8 Å². The summed E-state index contributed by atoms with van der Waals surface area (Å²) in [6, 6.07) is 26.6. The number of carbonyl (C=O) groups excluding carboxylic acids is 4. The lowest BCUT2D eigenvalue weighted by Crippen LogP contribution is -2.49. The molecule has 1 aromatic heterocycles. The highest BCUT2D eigenvalue weighted by Gasteiger charge is 2.68. The highest BCUT2D eigenvalue weighted by atomic mass is 79.9. The molecule has 3 fully saturated rings. The van der Waals surface area contributed by atoms with Gasteiger partial charge in [0.15, 0.2) is 17.1 Å². The number of allylic oxidation sites excluding steroid dienone is 2. The zero-order valence-corrected chi connectivity index (χ0v) is 29.7. The van der Waals surface area contributed by atoms with Crippen molar-refractivity contribution in [2.75, 3.05) is 16.9 Å². The molecule has 0 spiro atoms. The summed E-state index contributed by atoms with van der Waals surface area (Å²) in [6.07, 6.45) is 2.42. The van der Waals surface area contributed by atoms with Gasteiger partial charge in [-0.3, -0.25) is 24.1 Å². The first kappa shape index (κ1) is 32.4. The molecule has 0 unspecified atom stereocenters. The molecular formula is C41H32BrN3O7. The highest BCUT2D eigenvalue weighted by Crippen LogP contribution is 2.65. The lowest BCUT2D eigenvalue weighted by molar-refractivity contribution is -0.131. The Kier molecular flexibility index (Phi) is 7.31. The van der Waals surface area contributed by atoms with Gasteiger partial charge in [0.05, 0.1) is 41.7 Å². The quantitative estimate of drug-likeness (QED) is 0.145. The topological polar surface area (TPSA) is 130 Å². The zero-order chi connectivity index (χ0) is 36.1. The number of rotatable bonds is 5. The Labute approximate surface area is 306 Å². The molecule has 4 aromatic carbocycles. The SMILES string of the molecule is COc1cc(Br)cc([C@H]2C3=CC[C@@H]4C(=O)N(c5ccc(-c6nc7ccccc7o6)cc5)C(=O)[C@@H]4[C@@H]3C[C@H]3C(=O)N(c4ccccc4)C(=O)[C@@]23C)c1O. The third-order valence-corrected chi connectivity index (χ3v) is 12.0. The van der Waals surface area contributed by atoms with Crippen molar-refractivity contribution < 1.29 is 33.4 Å². The lowest BCUT2D eigenvalue weighted by atomic mass is 9.51. The molecule has 10 nitrogen and oxygen atoms in total. The molecule has 0 radical (unpaired) electrons. The van der Waals surface area contributed by atoms with Crippen LogP contribution in [0.2, 0.25) is 0 Å². The average molecular weight is 759 g/mol. The number of ether oxygens (including phenoxy) is 1. The van der Waals surface area contributed by atoms with Gasteiger partial charge in [-0.25, -0.2) is 9.88 Å². The maximum Gasteiger partial charge on any atom is 0.241 e. The number of anilines is 2. The Hall–Kier alpha value is -5.55. The summed E-state index contributed by atoms with van der Waals surface area (Å²) in [7, 11) is 1.45. The number of fused-ring (bicyclic) bond motifs is 5. The Morgan fingerprint density at radius 2 is 1.58 bits per heavy atom. The molecular weight excluding hydrogens is 726 g/mol. The summed E-state index contributed by atoms with van der Waals surface area (Å²) in [5, 5.41) is 11.6. The van der Waals surface area contributed by atoms with Gasteiger partial charge in [0.2, 0.25) is 29.5 Å². The van der Waals surface area contributed by atoms with E-state index in [4.69, 9.17) is 9.15 Å². The van der Waals surface area contributed by atoms with Crippen molar-refractivity contribution in [3.63, 3.8) is 0 Å². The number of oxazole rings is 1. The molecule has 3 heterocycles. The maximum atomic E-state index is 14.7. The zero-order valence-electron chi connectivity index (χ0n) is 28.2. The second kappa shape index (κ2) is 11.7. The van der Waals surface area contributed by atoms with Crippen molar-refractivity contribution in [1.29, 1.82) is 0 Å². The third kappa shape index (κ3) is 4.51. The second-order valence-corrected chi connectivity index (χ2v) is 15.0. The Balaban J connectivity index is 1.12. The number of carbonyl (C=O) groups is 4. The van der Waals surface area contributed by atoms with Gasteiger partial charge in [-0.2, -0.15) is 0 Å². The number of amides is 4. The normalized spacial score (nSPS) is 26.8. The summed E-state index contributed by atoms with van der Waals surface area (Å²) in [5.74, 6) is -4.49. The monoisotopic (exact) mass is 757 g/mol. The van der Waals surface area contributed by atoms with Crippen molar-refractivity contribution in [3.8, 4) is 23.0 Å². The van der Waals surface area contributed by atoms with Gasteiger partial charge in [-0.05, 0) is 86.3 Å². The van der Waals surface area contributed by atoms with Crippen LogP contribution in [0.5, 0.6) is 11.5 Å². The number of benzene rings is 4. The number of nitrogens with zero attached hydrogens (tertiary/aromatic N) is 3. The minimum atomic E-state index is -1.31. The molecule has 11 heteroatoms. The molecule has 5 aromatic rings. The number of imide groups is 2. The first-order chi connectivity index (χ1) is 25.1. The molecule has 260 valence electrons. The van der Waals surface area contributed by atoms with Crippen LogP contribution in [0.15, 0.2) is 112 Å². The van der Waals surface area contributed by atoms with Gasteiger partial charge in [-0.15, -0.1) is 0 Å². The van der Waals surface area contributed by atoms with Crippen LogP contribution in [0, 0.1) is 29.1 Å². The van der Waals surface area contributed by atoms with Crippen LogP contribution in [-0.2, 0) is 19.2 Å². The number of halogens is 1. The van der Waals surface area contributed by atoms with Crippen LogP contribution in [0.3, 0.4) is 0 Å². The fraction of sp³-hybridized carbons (Fsp3) is 0.244. The first-order valence-electron chi connectivity index (χ1n) is 17.2. The summed E-state index contributed by atoms with van der Waals surface area (Å²) in [6.45, 7) is 1.79. The summed E-state index contributed by atoms with van der Waals surface area (Å²) in [5.41, 5.74) is 2.84. The molecule has 4 amide bonds. The number of methoxy groups -OCH3 is 1. The smallest absolute Gasteiger partial charge is 0.241 e. The number of aromatic hydroxyl groups is 1. The van der Waals surface area contributed by atoms with Crippen molar-refractivity contribution in [1.82, 2.24) is 4.98 Å². The van der Waals surface area contributed by atoms with Crippen LogP contribution < -0.4 is 14.5 Å². The molecule has 6 atom stereocenters. The molecule has 9 rings (SSSR count). The third-order valence-electron chi connectivity index (χ3n) is 11.6. The van der Waals surface area contributed by atoms with Crippen molar-refractivity contribution in [2.45, 2.75) is 25.7 Å². The number of hydrogen-bond donors (Lipinski definition) is 1. The number of aromatic nitrogens is 1. The lowest BCUT2D eigenvalue weighted by Gasteiger charge is -2.49. The Bertz CT molecular complexity index is 2340. The van der Waals surface area contributed by atoms with Crippen LogP contribution in [0.1, 0.15) is 31.2 Å². The van der Waals surface area contributed by atoms with E-state index in [2.05, 4.69) is 20.9 Å². The minimum absolute atomic E-state index is 0.146. The van der Waals surface area contributed by atoms with Crippen LogP contribution in [0.4, 0.5) is 11.4 Å². The predicted molar refractivity (Wildman–Crippen MR) is 195 cm³/mol. The highest BCUT2D eigenvalue weighted by molar-refractivity contribution is 9.10. The first-order valence-corrected chi connectivity index (χ1v) is 17.9. The largest absolute Gasteiger partial charge is 0.504 e. The van der Waals surface area contributed by atoms with E-state index >= 15 is 0 Å². The van der Waals surface area contributed by atoms with Crippen molar-refractivity contribution >= 4 is 62.0 Å². The Morgan fingerprint density at radius 1 is 0.865 bits per heavy atom. The van der Waals surface area contributed by atoms with Crippen molar-refractivity contribution in [2.24, 2.45) is 29.1 Å². The van der Waals surface area contributed by atoms with E-state index in [0.29, 0.717) is 38.4 Å². The van der Waals surface area contributed by atoms with E-state index in [9.17, 15) is 24.3 Å². The van der Waals surface area contributed by atoms with Gasteiger partial charge < -0.3 is 14.3 Å². The fourth-order valence-corrected chi connectivity index (χ4v) is 9.61. The van der Waals surface area contributed by atoms with E-state index in [-0.39, 0.29) is 48.0 Å². The molecule has 2 aliphatic carbocycles. The van der Waals surface area contributed by atoms with E-state index < -0.39 is 35.0 Å². The molecule has 1 N–H and O–H groups in total. The maximum absolute atomic E-state index is 14.7. The van der Waals surface area contributed by atoms with E-state index in [1.54, 1.807) is 67.6 Å². The molecule has 1 saturated carbocycles. The van der Waals surface area contributed by atoms with E-state index in [0.717, 1.165) is 11.1 Å². The van der Waals surface area contributed by atoms with Gasteiger partial charge in [0.25, 0.3) is 0 Å². The van der Waals surface area contributed by atoms with Gasteiger partial charge in [0, 0.05) is 21.5 Å². The van der Waals surface area contributed by atoms with Crippen molar-refractivity contribution in [3.05, 3.63) is 113 Å². The molecule has 0 bridgehead atoms. The molecule has 2 aliphatic heterocycles. The Morgan fingerprint density at radius 3 is 2.31 bits per heavy atom. The summed E-state index contributed by atoms with van der Waals surface area (Å²) >= 11 is 3.55. The number of para-hydroxylation sites is 3. The predicted octanol–water partition coefficient (Wildman–Crippen LogP) is 7.41. The number of hydrogen-bond acceptors (Lipinski definition) is 8. The van der Waals surface area contributed by atoms with Crippen LogP contribution >= 0.6 is 15.9 Å². The number of phenols is 1. The van der Waals surface area contributed by atoms with E-state index in [1.807, 2.05) is 36.4 Å². The molecule has 52 heavy (non-hydrogen) atoms. The molecule has 2 saturated heterocycles. The van der Waals surface area contributed by atoms with Gasteiger partial charge in [0.1, 0.15) is 5.52 Å². The van der Waals surface area contributed by atoms with Gasteiger partial charge in [-0.1, -0.05) is 57.9 Å².